The van der Waals surface area contributed by atoms with Gasteiger partial charge in [-0.2, -0.15) is 0 Å². The van der Waals surface area contributed by atoms with Crippen molar-refractivity contribution in [3.05, 3.63) is 58.1 Å². The first-order valence-electron chi connectivity index (χ1n) is 7.45. The number of anilines is 1. The van der Waals surface area contributed by atoms with Crippen LogP contribution in [0.3, 0.4) is 0 Å². The van der Waals surface area contributed by atoms with Gasteiger partial charge in [-0.25, -0.2) is 9.69 Å². The summed E-state index contributed by atoms with van der Waals surface area (Å²) in [6.45, 7) is 0. The van der Waals surface area contributed by atoms with Crippen LogP contribution in [0.15, 0.2) is 52.5 Å². The number of para-hydroxylation sites is 1. The minimum atomic E-state index is -0.812. The Morgan fingerprint density at radius 2 is 1.85 bits per heavy atom. The molecule has 1 fully saturated rings. The van der Waals surface area contributed by atoms with Gasteiger partial charge in [0.2, 0.25) is 0 Å². The fourth-order valence-electron chi connectivity index (χ4n) is 2.47. The van der Waals surface area contributed by atoms with Crippen LogP contribution in [0.4, 0.5) is 10.5 Å². The van der Waals surface area contributed by atoms with Crippen LogP contribution in [-0.2, 0) is 9.59 Å². The lowest BCUT2D eigenvalue weighted by Gasteiger charge is -2.26. The van der Waals surface area contributed by atoms with Crippen molar-refractivity contribution in [1.29, 1.82) is 0 Å². The lowest BCUT2D eigenvalue weighted by atomic mass is 10.1. The van der Waals surface area contributed by atoms with E-state index in [1.54, 1.807) is 30.3 Å². The van der Waals surface area contributed by atoms with Crippen molar-refractivity contribution in [2.45, 2.75) is 0 Å². The molecule has 0 bridgehead atoms. The largest absolute Gasteiger partial charge is 0.503 e. The molecular formula is C18H13BrN2O5. The zero-order chi connectivity index (χ0) is 18.8. The number of amides is 4. The Labute approximate surface area is 157 Å². The van der Waals surface area contributed by atoms with Gasteiger partial charge < -0.3 is 9.84 Å². The fraction of sp³-hybridized carbons (Fsp3) is 0.0556. The second kappa shape index (κ2) is 7.01. The molecule has 2 aromatic carbocycles. The maximum absolute atomic E-state index is 12.7. The molecular weight excluding hydrogens is 404 g/mol. The molecule has 0 spiro atoms. The predicted octanol–water partition coefficient (Wildman–Crippen LogP) is 2.83. The SMILES string of the molecule is COc1cc(/C=C2\C(=O)NC(=O)N(c3ccccc3)C2=O)cc(Br)c1O. The lowest BCUT2D eigenvalue weighted by molar-refractivity contribution is -0.122. The van der Waals surface area contributed by atoms with Crippen LogP contribution in [0.1, 0.15) is 5.56 Å². The molecule has 2 N–H and O–H groups in total. The summed E-state index contributed by atoms with van der Waals surface area (Å²) in [5.41, 5.74) is 0.568. The van der Waals surface area contributed by atoms with Crippen LogP contribution < -0.4 is 15.0 Å². The summed E-state index contributed by atoms with van der Waals surface area (Å²) in [5.74, 6) is -1.47. The fourth-order valence-corrected chi connectivity index (χ4v) is 2.93. The van der Waals surface area contributed by atoms with E-state index < -0.39 is 17.8 Å². The monoisotopic (exact) mass is 416 g/mol. The number of nitrogens with zero attached hydrogens (tertiary/aromatic N) is 1. The van der Waals surface area contributed by atoms with E-state index in [0.717, 1.165) is 4.90 Å². The van der Waals surface area contributed by atoms with Crippen molar-refractivity contribution in [2.24, 2.45) is 0 Å². The van der Waals surface area contributed by atoms with E-state index in [4.69, 9.17) is 4.74 Å². The van der Waals surface area contributed by atoms with Crippen LogP contribution in [0.5, 0.6) is 11.5 Å². The number of nitrogens with one attached hydrogen (secondary N) is 1. The van der Waals surface area contributed by atoms with Crippen LogP contribution in [-0.4, -0.2) is 30.1 Å². The highest BCUT2D eigenvalue weighted by Crippen LogP contribution is 2.36. The Hall–Kier alpha value is -3.13. The molecule has 2 aromatic rings. The summed E-state index contributed by atoms with van der Waals surface area (Å²) in [5, 5.41) is 12.0. The highest BCUT2D eigenvalue weighted by Gasteiger charge is 2.36. The van der Waals surface area contributed by atoms with Gasteiger partial charge in [-0.3, -0.25) is 14.9 Å². The average Bonchev–Trinajstić information content (AvgIpc) is 2.62. The van der Waals surface area contributed by atoms with E-state index in [-0.39, 0.29) is 17.1 Å². The van der Waals surface area contributed by atoms with Gasteiger partial charge in [0, 0.05) is 0 Å². The molecule has 0 aliphatic carbocycles. The molecule has 0 radical (unpaired) electrons. The number of benzene rings is 2. The summed E-state index contributed by atoms with van der Waals surface area (Å²) >= 11 is 3.18. The van der Waals surface area contributed by atoms with Crippen molar-refractivity contribution < 1.29 is 24.2 Å². The van der Waals surface area contributed by atoms with Crippen molar-refractivity contribution >= 4 is 45.5 Å². The molecule has 0 unspecified atom stereocenters. The van der Waals surface area contributed by atoms with E-state index >= 15 is 0 Å². The number of carbonyl (C=O) groups is 3. The van der Waals surface area contributed by atoms with E-state index in [9.17, 15) is 19.5 Å². The lowest BCUT2D eigenvalue weighted by Crippen LogP contribution is -2.54. The summed E-state index contributed by atoms with van der Waals surface area (Å²) in [6.07, 6.45) is 1.33. The van der Waals surface area contributed by atoms with Gasteiger partial charge in [-0.05, 0) is 51.8 Å². The number of hydrogen-bond acceptors (Lipinski definition) is 5. The maximum Gasteiger partial charge on any atom is 0.335 e. The zero-order valence-electron chi connectivity index (χ0n) is 13.5. The second-order valence-electron chi connectivity index (χ2n) is 5.35. The zero-order valence-corrected chi connectivity index (χ0v) is 15.1. The molecule has 4 amide bonds. The van der Waals surface area contributed by atoms with Crippen molar-refractivity contribution in [2.75, 3.05) is 12.0 Å². The summed E-state index contributed by atoms with van der Waals surface area (Å²) < 4.78 is 5.39. The molecule has 0 aromatic heterocycles. The first-order valence-corrected chi connectivity index (χ1v) is 8.24. The van der Waals surface area contributed by atoms with Crippen LogP contribution >= 0.6 is 15.9 Å². The average molecular weight is 417 g/mol. The van der Waals surface area contributed by atoms with Crippen LogP contribution in [0.2, 0.25) is 0 Å². The number of urea groups is 1. The number of methoxy groups -OCH3 is 1. The van der Waals surface area contributed by atoms with E-state index in [1.165, 1.54) is 25.3 Å². The van der Waals surface area contributed by atoms with Gasteiger partial charge in [-0.15, -0.1) is 0 Å². The number of aromatic hydroxyl groups is 1. The molecule has 132 valence electrons. The number of phenolic OH excluding ortho intramolecular Hbond substituents is 1. The quantitative estimate of drug-likeness (QED) is 0.592. The molecule has 3 rings (SSSR count). The van der Waals surface area contributed by atoms with Crippen LogP contribution in [0.25, 0.3) is 6.08 Å². The number of carbonyl (C=O) groups excluding carboxylic acids is 3. The predicted molar refractivity (Wildman–Crippen MR) is 97.8 cm³/mol. The molecule has 1 aliphatic heterocycles. The van der Waals surface area contributed by atoms with Gasteiger partial charge in [0.15, 0.2) is 11.5 Å². The highest BCUT2D eigenvalue weighted by atomic mass is 79.9. The molecule has 0 atom stereocenters. The maximum atomic E-state index is 12.7. The number of phenols is 1. The third-order valence-electron chi connectivity index (χ3n) is 3.70. The van der Waals surface area contributed by atoms with Gasteiger partial charge in [0.05, 0.1) is 17.3 Å². The standard InChI is InChI=1S/C18H13BrN2O5/c1-26-14-9-10(8-13(19)15(14)22)7-12-16(23)20-18(25)21(17(12)24)11-5-3-2-4-6-11/h2-9,22H,1H3,(H,20,23,25)/b12-7+. The smallest absolute Gasteiger partial charge is 0.335 e. The van der Waals surface area contributed by atoms with Gasteiger partial charge >= 0.3 is 6.03 Å². The number of ether oxygens (including phenoxy) is 1. The van der Waals surface area contributed by atoms with E-state index in [1.807, 2.05) is 0 Å². The Bertz CT molecular complexity index is 940. The van der Waals surface area contributed by atoms with E-state index in [0.29, 0.717) is 15.7 Å². The van der Waals surface area contributed by atoms with Crippen molar-refractivity contribution in [1.82, 2.24) is 5.32 Å². The van der Waals surface area contributed by atoms with Crippen LogP contribution in [0, 0.1) is 0 Å². The molecule has 26 heavy (non-hydrogen) atoms. The Kier molecular flexibility index (Phi) is 4.77. The molecule has 8 heteroatoms. The van der Waals surface area contributed by atoms with Gasteiger partial charge in [0.25, 0.3) is 11.8 Å². The van der Waals surface area contributed by atoms with Crippen molar-refractivity contribution in [3.8, 4) is 11.5 Å². The number of barbiturate groups is 1. The number of halogens is 1. The first kappa shape index (κ1) is 17.7. The molecule has 1 saturated heterocycles. The van der Waals surface area contributed by atoms with Gasteiger partial charge in [0.1, 0.15) is 5.57 Å². The molecule has 1 heterocycles. The summed E-state index contributed by atoms with van der Waals surface area (Å²) in [6, 6.07) is 10.5. The number of hydrogen-bond donors (Lipinski definition) is 2. The Morgan fingerprint density at radius 3 is 2.50 bits per heavy atom. The Morgan fingerprint density at radius 1 is 1.15 bits per heavy atom. The minimum absolute atomic E-state index is 0.102. The number of rotatable bonds is 3. The summed E-state index contributed by atoms with van der Waals surface area (Å²) in [7, 11) is 1.38. The third kappa shape index (κ3) is 3.18. The first-order chi connectivity index (χ1) is 12.4. The topological polar surface area (TPSA) is 95.9 Å². The normalized spacial score (nSPS) is 16.0. The third-order valence-corrected chi connectivity index (χ3v) is 4.30. The second-order valence-corrected chi connectivity index (χ2v) is 6.20. The molecule has 7 nitrogen and oxygen atoms in total. The molecule has 1 aliphatic rings. The summed E-state index contributed by atoms with van der Waals surface area (Å²) in [4.78, 5) is 37.9. The minimum Gasteiger partial charge on any atom is -0.503 e. The molecule has 0 saturated carbocycles. The van der Waals surface area contributed by atoms with Crippen molar-refractivity contribution in [3.63, 3.8) is 0 Å². The Balaban J connectivity index is 2.05. The van der Waals surface area contributed by atoms with Gasteiger partial charge in [-0.1, -0.05) is 18.2 Å². The highest BCUT2D eigenvalue weighted by molar-refractivity contribution is 9.10. The van der Waals surface area contributed by atoms with E-state index in [2.05, 4.69) is 21.2 Å². The number of imide groups is 2.